The number of rotatable bonds is 10. The van der Waals surface area contributed by atoms with Gasteiger partial charge in [0.1, 0.15) is 23.7 Å². The van der Waals surface area contributed by atoms with Gasteiger partial charge in [0.25, 0.3) is 6.43 Å². The number of carbonyl (C=O) groups is 1. The third kappa shape index (κ3) is 6.61. The molecule has 0 aliphatic carbocycles. The number of piperidine rings is 1. The van der Waals surface area contributed by atoms with Crippen molar-refractivity contribution in [2.45, 2.75) is 37.5 Å². The number of aliphatic hydroxyl groups is 1. The number of ether oxygens (including phenoxy) is 1. The summed E-state index contributed by atoms with van der Waals surface area (Å²) >= 11 is 0. The average molecular weight is 696 g/mol. The Bertz CT molecular complexity index is 2090. The van der Waals surface area contributed by atoms with Crippen LogP contribution in [0.15, 0.2) is 65.5 Å². The largest absolute Gasteiger partial charge is 0.507 e. The van der Waals surface area contributed by atoms with Crippen LogP contribution in [0.3, 0.4) is 0 Å². The van der Waals surface area contributed by atoms with Gasteiger partial charge in [-0.2, -0.15) is 0 Å². The molecule has 14 nitrogen and oxygen atoms in total. The summed E-state index contributed by atoms with van der Waals surface area (Å²) in [5.41, 5.74) is 6.26. The molecule has 1 fully saturated rings. The molecule has 0 unspecified atom stereocenters. The minimum Gasteiger partial charge on any atom is -0.507 e. The number of aromatic hydroxyl groups is 1. The number of methoxy groups -OCH3 is 1. The average Bonchev–Trinajstić information content (AvgIpc) is 3.50. The number of fused-ring (bicyclic) bond motifs is 1. The molecule has 0 radical (unpaired) electrons. The van der Waals surface area contributed by atoms with Crippen molar-refractivity contribution in [3.05, 3.63) is 78.0 Å². The molecule has 1 aliphatic rings. The maximum Gasteiger partial charge on any atom is 0.339 e. The van der Waals surface area contributed by atoms with E-state index in [1.165, 1.54) is 31.0 Å². The first-order valence-corrected chi connectivity index (χ1v) is 15.0. The molecular weight excluding hydrogens is 666 g/mol. The molecule has 260 valence electrons. The Morgan fingerprint density at radius 1 is 1.10 bits per heavy atom. The van der Waals surface area contributed by atoms with Gasteiger partial charge in [0.05, 0.1) is 48.8 Å². The molecule has 0 saturated carbocycles. The van der Waals surface area contributed by atoms with Crippen LogP contribution in [0, 0.1) is 11.6 Å². The summed E-state index contributed by atoms with van der Waals surface area (Å²) in [5, 5.41) is 37.5. The lowest BCUT2D eigenvalue weighted by molar-refractivity contribution is -0.0529. The van der Waals surface area contributed by atoms with E-state index in [9.17, 15) is 37.7 Å². The summed E-state index contributed by atoms with van der Waals surface area (Å²) < 4.78 is 62.9. The van der Waals surface area contributed by atoms with Gasteiger partial charge in [-0.3, -0.25) is 4.98 Å². The number of nitrogens with zero attached hydrogens (tertiary/aromatic N) is 8. The lowest BCUT2D eigenvalue weighted by Crippen LogP contribution is -2.63. The maximum absolute atomic E-state index is 14.7. The summed E-state index contributed by atoms with van der Waals surface area (Å²) in [6.45, 7) is 0.311. The number of hydrogen-bond donors (Lipinski definition) is 4. The van der Waals surface area contributed by atoms with Crippen molar-refractivity contribution in [3.63, 3.8) is 0 Å². The van der Waals surface area contributed by atoms with Gasteiger partial charge in [-0.05, 0) is 54.8 Å². The fourth-order valence-electron chi connectivity index (χ4n) is 5.88. The number of aliphatic hydroxyl groups excluding tert-OH is 1. The van der Waals surface area contributed by atoms with Crippen LogP contribution < -0.4 is 15.4 Å². The number of azo groups is 1. The van der Waals surface area contributed by atoms with Gasteiger partial charge in [0.15, 0.2) is 28.5 Å². The Kier molecular flexibility index (Phi) is 9.31. The van der Waals surface area contributed by atoms with Gasteiger partial charge < -0.3 is 35.3 Å². The molecule has 18 heteroatoms. The Morgan fingerprint density at radius 3 is 2.56 bits per heavy atom. The van der Waals surface area contributed by atoms with Gasteiger partial charge >= 0.3 is 5.97 Å². The van der Waals surface area contributed by atoms with Gasteiger partial charge in [-0.25, -0.2) is 37.3 Å². The van der Waals surface area contributed by atoms with E-state index >= 15 is 0 Å². The van der Waals surface area contributed by atoms with E-state index in [2.05, 4.69) is 30.2 Å². The summed E-state index contributed by atoms with van der Waals surface area (Å²) in [6, 6.07) is 7.40. The first-order chi connectivity index (χ1) is 23.9. The van der Waals surface area contributed by atoms with Gasteiger partial charge in [-0.1, -0.05) is 0 Å². The standard InChI is InChI=1S/C32H29F4N9O5/c1-50-26-20(33)7-16(8-21(26)34)22-9-17(23(11-38-22)44-6-2-5-32(37,13-44)27(47)28(35)36)12-45-15-41-25-29(39-14-40-30(25)45)43-42-18-3-4-24(46)19(10-18)31(48)49/h3-4,7-11,14-15,27-28,46-47H,2,5-6,12-13,37H2,1H3,(H,48,49)/t27-,32+/m0/s1. The summed E-state index contributed by atoms with van der Waals surface area (Å²) in [5.74, 6) is -4.18. The molecule has 0 bridgehead atoms. The number of aromatic nitrogens is 5. The summed E-state index contributed by atoms with van der Waals surface area (Å²) in [6.07, 6.45) is -0.482. The Labute approximate surface area is 280 Å². The number of halogens is 4. The molecule has 1 saturated heterocycles. The first kappa shape index (κ1) is 34.1. The monoisotopic (exact) mass is 695 g/mol. The van der Waals surface area contributed by atoms with Crippen LogP contribution in [0.2, 0.25) is 0 Å². The number of pyridine rings is 1. The molecule has 0 amide bonds. The lowest BCUT2D eigenvalue weighted by atomic mass is 9.84. The van der Waals surface area contributed by atoms with E-state index in [1.807, 2.05) is 0 Å². The number of imidazole rings is 1. The zero-order valence-corrected chi connectivity index (χ0v) is 26.2. The van der Waals surface area contributed by atoms with Crippen LogP contribution in [0.4, 0.5) is 34.8 Å². The Morgan fingerprint density at radius 2 is 1.86 bits per heavy atom. The quantitative estimate of drug-likeness (QED) is 0.114. The number of hydrogen-bond acceptors (Lipinski definition) is 12. The van der Waals surface area contributed by atoms with Crippen LogP contribution >= 0.6 is 0 Å². The van der Waals surface area contributed by atoms with Gasteiger partial charge in [0.2, 0.25) is 5.82 Å². The number of carboxylic acid groups (broad SMARTS) is 1. The number of benzene rings is 2. The predicted molar refractivity (Wildman–Crippen MR) is 170 cm³/mol. The number of carboxylic acids is 1. The molecule has 50 heavy (non-hydrogen) atoms. The molecule has 5 N–H and O–H groups in total. The Hall–Kier alpha value is -5.75. The lowest BCUT2D eigenvalue weighted by Gasteiger charge is -2.44. The smallest absolute Gasteiger partial charge is 0.339 e. The fourth-order valence-corrected chi connectivity index (χ4v) is 5.88. The zero-order valence-electron chi connectivity index (χ0n) is 26.2. The van der Waals surface area contributed by atoms with Crippen molar-refractivity contribution in [1.29, 1.82) is 0 Å². The molecular formula is C32H29F4N9O5. The highest BCUT2D eigenvalue weighted by molar-refractivity contribution is 5.91. The molecule has 0 spiro atoms. The van der Waals surface area contributed by atoms with Crippen LogP contribution in [0.1, 0.15) is 28.8 Å². The maximum atomic E-state index is 14.7. The van der Waals surface area contributed by atoms with Crippen molar-refractivity contribution in [2.75, 3.05) is 25.1 Å². The SMILES string of the molecule is COc1c(F)cc(-c2cc(Cn3cnc4c(N=Nc5ccc(O)c(C(=O)O)c5)ncnc43)c(N3CCC[C@](N)([C@@H](O)C(F)F)C3)cn2)cc1F. The molecule has 2 aromatic carbocycles. The second-order valence-electron chi connectivity index (χ2n) is 11.7. The molecule has 2 atom stereocenters. The fraction of sp³-hybridized carbons (Fsp3) is 0.281. The summed E-state index contributed by atoms with van der Waals surface area (Å²) in [4.78, 5) is 30.4. The molecule has 1 aliphatic heterocycles. The number of alkyl halides is 2. The first-order valence-electron chi connectivity index (χ1n) is 15.0. The van der Waals surface area contributed by atoms with E-state index in [-0.39, 0.29) is 53.4 Å². The number of aromatic carboxylic acids is 1. The minimum absolute atomic E-state index is 0.0431. The van der Waals surface area contributed by atoms with E-state index < -0.39 is 47.2 Å². The molecule has 5 aromatic rings. The van der Waals surface area contributed by atoms with E-state index in [4.69, 9.17) is 10.5 Å². The minimum atomic E-state index is -3.06. The molecule has 6 rings (SSSR count). The predicted octanol–water partition coefficient (Wildman–Crippen LogP) is 4.97. The van der Waals surface area contributed by atoms with Crippen molar-refractivity contribution in [3.8, 4) is 22.8 Å². The van der Waals surface area contributed by atoms with Crippen LogP contribution in [-0.4, -0.2) is 84.1 Å². The van der Waals surface area contributed by atoms with Crippen molar-refractivity contribution in [2.24, 2.45) is 16.0 Å². The van der Waals surface area contributed by atoms with Crippen LogP contribution in [0.25, 0.3) is 22.4 Å². The second kappa shape index (κ2) is 13.6. The van der Waals surface area contributed by atoms with Gasteiger partial charge in [0, 0.05) is 18.7 Å². The Balaban J connectivity index is 1.39. The number of anilines is 1. The molecule has 4 heterocycles. The third-order valence-electron chi connectivity index (χ3n) is 8.38. The highest BCUT2D eigenvalue weighted by Crippen LogP contribution is 2.35. The van der Waals surface area contributed by atoms with E-state index in [0.717, 1.165) is 25.3 Å². The van der Waals surface area contributed by atoms with Crippen molar-refractivity contribution >= 4 is 34.3 Å². The molecule has 3 aromatic heterocycles. The van der Waals surface area contributed by atoms with Crippen molar-refractivity contribution < 1.29 is 42.4 Å². The number of nitrogens with two attached hydrogens (primary N) is 1. The van der Waals surface area contributed by atoms with Gasteiger partial charge in [-0.15, -0.1) is 10.2 Å². The highest BCUT2D eigenvalue weighted by atomic mass is 19.3. The van der Waals surface area contributed by atoms with Crippen LogP contribution in [0.5, 0.6) is 11.5 Å². The third-order valence-corrected chi connectivity index (χ3v) is 8.38. The topological polar surface area (TPSA) is 197 Å². The van der Waals surface area contributed by atoms with Crippen LogP contribution in [-0.2, 0) is 6.54 Å². The number of phenols is 1. The van der Waals surface area contributed by atoms with E-state index in [0.29, 0.717) is 29.9 Å². The van der Waals surface area contributed by atoms with Crippen molar-refractivity contribution in [1.82, 2.24) is 24.5 Å². The second-order valence-corrected chi connectivity index (χ2v) is 11.7. The van der Waals surface area contributed by atoms with E-state index in [1.54, 1.807) is 15.5 Å². The highest BCUT2D eigenvalue weighted by Gasteiger charge is 2.43. The summed E-state index contributed by atoms with van der Waals surface area (Å²) in [7, 11) is 1.14. The normalized spacial score (nSPS) is 17.2. The zero-order chi connectivity index (χ0) is 35.7.